The smallest absolute Gasteiger partial charge is 0.291 e. The third kappa shape index (κ3) is 2.94. The van der Waals surface area contributed by atoms with Crippen LogP contribution in [0.25, 0.3) is 11.0 Å². The number of hydrogen-bond acceptors (Lipinski definition) is 2. The molecule has 0 fully saturated rings. The number of benzene rings is 2. The first-order chi connectivity index (χ1) is 10.9. The molecule has 5 heteroatoms. The highest BCUT2D eigenvalue weighted by Gasteiger charge is 2.19. The Hall–Kier alpha value is -1.97. The minimum Gasteiger partial charge on any atom is -0.451 e. The minimum absolute atomic E-state index is 0.288. The van der Waals surface area contributed by atoms with Gasteiger partial charge < -0.3 is 9.73 Å². The zero-order valence-electron chi connectivity index (χ0n) is 13.0. The Kier molecular flexibility index (Phi) is 4.09. The lowest BCUT2D eigenvalue weighted by molar-refractivity contribution is 0.0998. The van der Waals surface area contributed by atoms with Gasteiger partial charge in [0.25, 0.3) is 5.91 Å². The highest BCUT2D eigenvalue weighted by molar-refractivity contribution is 6.36. The maximum atomic E-state index is 12.5. The van der Waals surface area contributed by atoms with Crippen molar-refractivity contribution in [1.29, 1.82) is 0 Å². The van der Waals surface area contributed by atoms with Crippen molar-refractivity contribution in [3.8, 4) is 0 Å². The van der Waals surface area contributed by atoms with E-state index < -0.39 is 0 Å². The van der Waals surface area contributed by atoms with E-state index in [1.807, 2.05) is 32.9 Å². The van der Waals surface area contributed by atoms with Gasteiger partial charge in [-0.15, -0.1) is 0 Å². The van der Waals surface area contributed by atoms with Crippen LogP contribution in [0.2, 0.25) is 10.0 Å². The van der Waals surface area contributed by atoms with Crippen LogP contribution in [0.3, 0.4) is 0 Å². The quantitative estimate of drug-likeness (QED) is 0.625. The van der Waals surface area contributed by atoms with Gasteiger partial charge in [-0.2, -0.15) is 0 Å². The lowest BCUT2D eigenvalue weighted by Gasteiger charge is -2.06. The zero-order valence-corrected chi connectivity index (χ0v) is 14.5. The predicted octanol–water partition coefficient (Wildman–Crippen LogP) is 5.92. The number of halogens is 2. The van der Waals surface area contributed by atoms with E-state index in [1.54, 1.807) is 18.2 Å². The Bertz CT molecular complexity index is 928. The summed E-state index contributed by atoms with van der Waals surface area (Å²) in [5.41, 5.74) is 4.30. The molecule has 0 aliphatic rings. The average Bonchev–Trinajstić information content (AvgIpc) is 2.79. The van der Waals surface area contributed by atoms with Crippen molar-refractivity contribution < 1.29 is 9.21 Å². The van der Waals surface area contributed by atoms with Crippen molar-refractivity contribution in [2.24, 2.45) is 0 Å². The fourth-order valence-electron chi connectivity index (χ4n) is 2.46. The molecule has 3 nitrogen and oxygen atoms in total. The molecule has 1 aromatic heterocycles. The van der Waals surface area contributed by atoms with Gasteiger partial charge >= 0.3 is 0 Å². The van der Waals surface area contributed by atoms with E-state index >= 15 is 0 Å². The lowest BCUT2D eigenvalue weighted by atomic mass is 10.1. The minimum atomic E-state index is -0.335. The van der Waals surface area contributed by atoms with E-state index in [2.05, 4.69) is 5.32 Å². The average molecular weight is 348 g/mol. The summed E-state index contributed by atoms with van der Waals surface area (Å²) in [6.07, 6.45) is 0. The molecule has 0 spiro atoms. The Morgan fingerprint density at radius 3 is 2.43 bits per heavy atom. The molecule has 0 radical (unpaired) electrons. The van der Waals surface area contributed by atoms with Crippen molar-refractivity contribution in [3.05, 3.63) is 62.8 Å². The van der Waals surface area contributed by atoms with E-state index in [4.69, 9.17) is 27.6 Å². The number of furan rings is 1. The molecule has 2 aromatic carbocycles. The molecule has 1 N–H and O–H groups in total. The fourth-order valence-corrected chi connectivity index (χ4v) is 2.92. The summed E-state index contributed by atoms with van der Waals surface area (Å²) < 4.78 is 5.75. The van der Waals surface area contributed by atoms with Gasteiger partial charge in [0.15, 0.2) is 5.76 Å². The number of aryl methyl sites for hydroxylation is 3. The first-order valence-electron chi connectivity index (χ1n) is 7.13. The Morgan fingerprint density at radius 2 is 1.74 bits per heavy atom. The number of carbonyl (C=O) groups is 1. The second-order valence-corrected chi connectivity index (χ2v) is 6.41. The second-order valence-electron chi connectivity index (χ2n) is 5.57. The standard InChI is InChI=1S/C18H15Cl2NO2/c1-9-6-13-11(3)17(23-16(13)7-10(9)2)18(22)21-15-5-4-12(19)8-14(15)20/h4-8H,1-3H3,(H,21,22). The summed E-state index contributed by atoms with van der Waals surface area (Å²) in [6.45, 7) is 5.92. The van der Waals surface area contributed by atoms with Gasteiger partial charge in [0.1, 0.15) is 5.58 Å². The molecule has 118 valence electrons. The van der Waals surface area contributed by atoms with E-state index in [0.29, 0.717) is 21.3 Å². The highest BCUT2D eigenvalue weighted by Crippen LogP contribution is 2.30. The monoisotopic (exact) mass is 347 g/mol. The number of anilines is 1. The van der Waals surface area contributed by atoms with Crippen LogP contribution < -0.4 is 5.32 Å². The van der Waals surface area contributed by atoms with Gasteiger partial charge in [-0.3, -0.25) is 4.79 Å². The molecule has 3 rings (SSSR count). The number of carbonyl (C=O) groups excluding carboxylic acids is 1. The van der Waals surface area contributed by atoms with Crippen LogP contribution in [0, 0.1) is 20.8 Å². The van der Waals surface area contributed by atoms with Crippen LogP contribution >= 0.6 is 23.2 Å². The van der Waals surface area contributed by atoms with Gasteiger partial charge in [0.2, 0.25) is 0 Å². The number of amides is 1. The van der Waals surface area contributed by atoms with Crippen LogP contribution in [0.4, 0.5) is 5.69 Å². The molecule has 23 heavy (non-hydrogen) atoms. The molecular weight excluding hydrogens is 333 g/mol. The summed E-state index contributed by atoms with van der Waals surface area (Å²) in [6, 6.07) is 8.90. The predicted molar refractivity (Wildman–Crippen MR) is 94.8 cm³/mol. The summed E-state index contributed by atoms with van der Waals surface area (Å²) in [5, 5.41) is 4.60. The molecule has 0 bridgehead atoms. The van der Waals surface area contributed by atoms with Gasteiger partial charge in [-0.1, -0.05) is 23.2 Å². The molecule has 0 aliphatic heterocycles. The van der Waals surface area contributed by atoms with Crippen LogP contribution in [-0.4, -0.2) is 5.91 Å². The van der Waals surface area contributed by atoms with Crippen LogP contribution in [0.5, 0.6) is 0 Å². The van der Waals surface area contributed by atoms with Gasteiger partial charge in [-0.05, 0) is 62.2 Å². The normalized spacial score (nSPS) is 11.0. The van der Waals surface area contributed by atoms with E-state index in [1.165, 1.54) is 0 Å². The maximum Gasteiger partial charge on any atom is 0.291 e. The van der Waals surface area contributed by atoms with Gasteiger partial charge in [-0.25, -0.2) is 0 Å². The van der Waals surface area contributed by atoms with Crippen LogP contribution in [0.15, 0.2) is 34.7 Å². The summed E-state index contributed by atoms with van der Waals surface area (Å²) in [7, 11) is 0. The largest absolute Gasteiger partial charge is 0.451 e. The first kappa shape index (κ1) is 15.9. The Morgan fingerprint density at radius 1 is 1.04 bits per heavy atom. The number of nitrogens with one attached hydrogen (secondary N) is 1. The maximum absolute atomic E-state index is 12.5. The zero-order chi connectivity index (χ0) is 16.7. The van der Waals surface area contributed by atoms with Crippen molar-refractivity contribution >= 4 is 45.8 Å². The molecule has 1 heterocycles. The van der Waals surface area contributed by atoms with Gasteiger partial charge in [0.05, 0.1) is 10.7 Å². The lowest BCUT2D eigenvalue weighted by Crippen LogP contribution is -2.12. The number of rotatable bonds is 2. The van der Waals surface area contributed by atoms with E-state index in [9.17, 15) is 4.79 Å². The van der Waals surface area contributed by atoms with Crippen molar-refractivity contribution in [3.63, 3.8) is 0 Å². The Labute approximate surface area is 144 Å². The molecule has 0 aliphatic carbocycles. The molecule has 0 atom stereocenters. The Balaban J connectivity index is 1.99. The molecule has 1 amide bonds. The molecule has 0 saturated heterocycles. The number of fused-ring (bicyclic) bond motifs is 1. The topological polar surface area (TPSA) is 42.2 Å². The van der Waals surface area contributed by atoms with Crippen molar-refractivity contribution in [1.82, 2.24) is 0 Å². The molecule has 0 saturated carbocycles. The van der Waals surface area contributed by atoms with Crippen LogP contribution in [-0.2, 0) is 0 Å². The fraction of sp³-hybridized carbons (Fsp3) is 0.167. The van der Waals surface area contributed by atoms with Gasteiger partial charge in [0, 0.05) is 16.0 Å². The van der Waals surface area contributed by atoms with E-state index in [-0.39, 0.29) is 11.7 Å². The number of hydrogen-bond donors (Lipinski definition) is 1. The second kappa shape index (κ2) is 5.91. The summed E-state index contributed by atoms with van der Waals surface area (Å²) >= 11 is 12.0. The van der Waals surface area contributed by atoms with Crippen molar-refractivity contribution in [2.45, 2.75) is 20.8 Å². The molecule has 0 unspecified atom stereocenters. The highest BCUT2D eigenvalue weighted by atomic mass is 35.5. The van der Waals surface area contributed by atoms with Crippen LogP contribution in [0.1, 0.15) is 27.2 Å². The summed E-state index contributed by atoms with van der Waals surface area (Å²) in [5.74, 6) is -0.0470. The summed E-state index contributed by atoms with van der Waals surface area (Å²) in [4.78, 5) is 12.5. The molecule has 3 aromatic rings. The first-order valence-corrected chi connectivity index (χ1v) is 7.89. The van der Waals surface area contributed by atoms with E-state index in [0.717, 1.165) is 22.1 Å². The SMILES string of the molecule is Cc1cc2oc(C(=O)Nc3ccc(Cl)cc3Cl)c(C)c2cc1C. The third-order valence-corrected chi connectivity index (χ3v) is 4.49. The van der Waals surface area contributed by atoms with Crippen molar-refractivity contribution in [2.75, 3.05) is 5.32 Å². The third-order valence-electron chi connectivity index (χ3n) is 3.94. The molecular formula is C18H15Cl2NO2.